The molecule has 0 spiro atoms. The molecule has 0 aliphatic rings. The van der Waals surface area contributed by atoms with Crippen LogP contribution >= 0.6 is 0 Å². The van der Waals surface area contributed by atoms with Crippen molar-refractivity contribution in [1.29, 1.82) is 0 Å². The van der Waals surface area contributed by atoms with Gasteiger partial charge in [0.2, 0.25) is 15.9 Å². The van der Waals surface area contributed by atoms with Gasteiger partial charge in [-0.25, -0.2) is 8.42 Å². The molecular weight excluding hydrogens is 446 g/mol. The van der Waals surface area contributed by atoms with Crippen molar-refractivity contribution < 1.29 is 22.9 Å². The number of ether oxygens (including phenoxy) is 1. The van der Waals surface area contributed by atoms with E-state index in [-0.39, 0.29) is 36.7 Å². The number of non-ortho nitro benzene ring substituents is 1. The van der Waals surface area contributed by atoms with Gasteiger partial charge in [0.05, 0.1) is 23.4 Å². The molecule has 0 radical (unpaired) electrons. The maximum Gasteiger partial charge on any atom is 0.271 e. The molecule has 3 aromatic rings. The van der Waals surface area contributed by atoms with Crippen molar-refractivity contribution in [2.75, 3.05) is 30.3 Å². The molecule has 174 valence electrons. The highest BCUT2D eigenvalue weighted by molar-refractivity contribution is 7.92. The molecule has 0 saturated heterocycles. The van der Waals surface area contributed by atoms with Gasteiger partial charge in [-0.15, -0.1) is 0 Å². The van der Waals surface area contributed by atoms with Crippen LogP contribution in [-0.4, -0.2) is 45.2 Å². The molecule has 0 atom stereocenters. The molecule has 0 saturated carbocycles. The standard InChI is InChI=1S/C23H25N3O6S/c1-33(30,31)25(19-9-5-10-20(17-19)26(28)29)15-6-13-23(27)24-14-16-32-22-12-4-8-18-7-2-3-11-21(18)22/h2-5,7-12,17H,6,13-16H2,1H3,(H,24,27). The van der Waals surface area contributed by atoms with Crippen LogP contribution in [0.3, 0.4) is 0 Å². The Morgan fingerprint density at radius 2 is 1.82 bits per heavy atom. The number of carbonyl (C=O) groups excluding carboxylic acids is 1. The minimum absolute atomic E-state index is 0.0277. The monoisotopic (exact) mass is 471 g/mol. The number of nitrogens with zero attached hydrogens (tertiary/aromatic N) is 2. The van der Waals surface area contributed by atoms with Crippen molar-refractivity contribution in [1.82, 2.24) is 5.32 Å². The fraction of sp³-hybridized carbons (Fsp3) is 0.261. The van der Waals surface area contributed by atoms with Crippen LogP contribution in [0, 0.1) is 10.1 Å². The lowest BCUT2D eigenvalue weighted by atomic mass is 10.1. The predicted molar refractivity (Wildman–Crippen MR) is 127 cm³/mol. The fourth-order valence-corrected chi connectivity index (χ4v) is 4.35. The van der Waals surface area contributed by atoms with E-state index in [0.717, 1.165) is 27.1 Å². The zero-order chi connectivity index (χ0) is 23.8. The second kappa shape index (κ2) is 10.8. The Balaban J connectivity index is 1.47. The average Bonchev–Trinajstić information content (AvgIpc) is 2.79. The number of sulfonamides is 1. The maximum atomic E-state index is 12.2. The van der Waals surface area contributed by atoms with Crippen LogP contribution in [0.5, 0.6) is 5.75 Å². The van der Waals surface area contributed by atoms with Gasteiger partial charge in [0, 0.05) is 30.5 Å². The summed E-state index contributed by atoms with van der Waals surface area (Å²) in [4.78, 5) is 22.6. The van der Waals surface area contributed by atoms with Crippen LogP contribution in [0.15, 0.2) is 66.7 Å². The lowest BCUT2D eigenvalue weighted by Crippen LogP contribution is -2.33. The quantitative estimate of drug-likeness (QED) is 0.260. The molecule has 0 aliphatic carbocycles. The lowest BCUT2D eigenvalue weighted by molar-refractivity contribution is -0.384. The van der Waals surface area contributed by atoms with Gasteiger partial charge in [-0.2, -0.15) is 0 Å². The topological polar surface area (TPSA) is 119 Å². The summed E-state index contributed by atoms with van der Waals surface area (Å²) in [6, 6.07) is 19.0. The lowest BCUT2D eigenvalue weighted by Gasteiger charge is -2.22. The first-order valence-electron chi connectivity index (χ1n) is 10.3. The molecular formula is C23H25N3O6S. The molecule has 1 N–H and O–H groups in total. The van der Waals surface area contributed by atoms with Gasteiger partial charge in [0.15, 0.2) is 0 Å². The number of hydrogen-bond acceptors (Lipinski definition) is 6. The van der Waals surface area contributed by atoms with Crippen LogP contribution in [-0.2, 0) is 14.8 Å². The number of nitrogens with one attached hydrogen (secondary N) is 1. The molecule has 0 bridgehead atoms. The van der Waals surface area contributed by atoms with Gasteiger partial charge < -0.3 is 10.1 Å². The predicted octanol–water partition coefficient (Wildman–Crippen LogP) is 3.49. The Labute approximate surface area is 192 Å². The van der Waals surface area contributed by atoms with Crippen LogP contribution in [0.2, 0.25) is 0 Å². The Bertz CT molecular complexity index is 1240. The number of hydrogen-bond donors (Lipinski definition) is 1. The number of nitro benzene ring substituents is 1. The second-order valence-electron chi connectivity index (χ2n) is 7.39. The summed E-state index contributed by atoms with van der Waals surface area (Å²) < 4.78 is 31.2. The van der Waals surface area contributed by atoms with Crippen LogP contribution in [0.25, 0.3) is 10.8 Å². The van der Waals surface area contributed by atoms with Gasteiger partial charge in [-0.1, -0.05) is 42.5 Å². The average molecular weight is 472 g/mol. The zero-order valence-electron chi connectivity index (χ0n) is 18.1. The number of rotatable bonds is 11. The summed E-state index contributed by atoms with van der Waals surface area (Å²) in [6.45, 7) is 0.631. The van der Waals surface area contributed by atoms with E-state index in [1.165, 1.54) is 24.3 Å². The summed E-state index contributed by atoms with van der Waals surface area (Å²) in [5.74, 6) is 0.507. The third kappa shape index (κ3) is 6.66. The van der Waals surface area contributed by atoms with E-state index in [9.17, 15) is 23.3 Å². The molecule has 1 amide bonds. The van der Waals surface area contributed by atoms with Crippen LogP contribution in [0.1, 0.15) is 12.8 Å². The Morgan fingerprint density at radius 3 is 2.58 bits per heavy atom. The molecule has 10 heteroatoms. The van der Waals surface area contributed by atoms with E-state index >= 15 is 0 Å². The van der Waals surface area contributed by atoms with Gasteiger partial charge in [-0.3, -0.25) is 19.2 Å². The van der Waals surface area contributed by atoms with Crippen molar-refractivity contribution in [3.63, 3.8) is 0 Å². The molecule has 0 aliphatic heterocycles. The first-order valence-corrected chi connectivity index (χ1v) is 12.2. The zero-order valence-corrected chi connectivity index (χ0v) is 19.0. The minimum atomic E-state index is -3.67. The molecule has 0 unspecified atom stereocenters. The first kappa shape index (κ1) is 24.0. The largest absolute Gasteiger partial charge is 0.491 e. The van der Waals surface area contributed by atoms with Gasteiger partial charge in [0.25, 0.3) is 5.69 Å². The van der Waals surface area contributed by atoms with E-state index in [1.54, 1.807) is 0 Å². The molecule has 0 fully saturated rings. The van der Waals surface area contributed by atoms with Gasteiger partial charge >= 0.3 is 0 Å². The van der Waals surface area contributed by atoms with Crippen molar-refractivity contribution in [3.8, 4) is 5.75 Å². The normalized spacial score (nSPS) is 11.2. The molecule has 33 heavy (non-hydrogen) atoms. The van der Waals surface area contributed by atoms with Crippen molar-refractivity contribution >= 4 is 38.1 Å². The van der Waals surface area contributed by atoms with E-state index in [4.69, 9.17) is 4.74 Å². The molecule has 3 rings (SSSR count). The first-order chi connectivity index (χ1) is 15.8. The smallest absolute Gasteiger partial charge is 0.271 e. The number of benzene rings is 3. The van der Waals surface area contributed by atoms with E-state index in [1.807, 2.05) is 42.5 Å². The third-order valence-corrected chi connectivity index (χ3v) is 6.12. The summed E-state index contributed by atoms with van der Waals surface area (Å²) >= 11 is 0. The summed E-state index contributed by atoms with van der Waals surface area (Å²) in [6.07, 6.45) is 1.39. The Morgan fingerprint density at radius 1 is 1.09 bits per heavy atom. The Kier molecular flexibility index (Phi) is 7.83. The number of amides is 1. The maximum absolute atomic E-state index is 12.2. The highest BCUT2D eigenvalue weighted by Gasteiger charge is 2.19. The van der Waals surface area contributed by atoms with Crippen molar-refractivity contribution in [2.45, 2.75) is 12.8 Å². The SMILES string of the molecule is CS(=O)(=O)N(CCCC(=O)NCCOc1cccc2ccccc12)c1cccc([N+](=O)[O-])c1. The number of fused-ring (bicyclic) bond motifs is 1. The number of nitro groups is 1. The number of anilines is 1. The third-order valence-electron chi connectivity index (χ3n) is 4.93. The molecule has 3 aromatic carbocycles. The minimum Gasteiger partial charge on any atom is -0.491 e. The summed E-state index contributed by atoms with van der Waals surface area (Å²) in [5.41, 5.74) is -0.0133. The van der Waals surface area contributed by atoms with Crippen molar-refractivity contribution in [2.24, 2.45) is 0 Å². The molecule has 9 nitrogen and oxygen atoms in total. The van der Waals surface area contributed by atoms with Crippen LogP contribution in [0.4, 0.5) is 11.4 Å². The molecule has 0 heterocycles. The number of carbonyl (C=O) groups is 1. The highest BCUT2D eigenvalue weighted by atomic mass is 32.2. The Hall–Kier alpha value is -3.66. The fourth-order valence-electron chi connectivity index (χ4n) is 3.39. The summed E-state index contributed by atoms with van der Waals surface area (Å²) in [5, 5.41) is 15.8. The molecule has 0 aromatic heterocycles. The highest BCUT2D eigenvalue weighted by Crippen LogP contribution is 2.25. The second-order valence-corrected chi connectivity index (χ2v) is 9.30. The summed E-state index contributed by atoms with van der Waals surface area (Å²) in [7, 11) is -3.67. The van der Waals surface area contributed by atoms with E-state index in [2.05, 4.69) is 5.32 Å². The van der Waals surface area contributed by atoms with Gasteiger partial charge in [0.1, 0.15) is 12.4 Å². The van der Waals surface area contributed by atoms with E-state index in [0.29, 0.717) is 13.2 Å². The van der Waals surface area contributed by atoms with Crippen molar-refractivity contribution in [3.05, 3.63) is 76.8 Å². The van der Waals surface area contributed by atoms with Gasteiger partial charge in [-0.05, 0) is 23.9 Å². The van der Waals surface area contributed by atoms with Crippen LogP contribution < -0.4 is 14.4 Å². The van der Waals surface area contributed by atoms with E-state index < -0.39 is 14.9 Å².